The van der Waals surface area contributed by atoms with Gasteiger partial charge in [0.1, 0.15) is 0 Å². The van der Waals surface area contributed by atoms with Crippen molar-refractivity contribution < 1.29 is 5.21 Å². The van der Waals surface area contributed by atoms with Gasteiger partial charge in [-0.05, 0) is 17.6 Å². The zero-order valence-corrected chi connectivity index (χ0v) is 4.80. The van der Waals surface area contributed by atoms with E-state index in [1.165, 1.54) is 17.7 Å². The normalized spacial score (nSPS) is 10.5. The van der Waals surface area contributed by atoms with Crippen molar-refractivity contribution in [3.63, 3.8) is 0 Å². The highest BCUT2D eigenvalue weighted by molar-refractivity contribution is 7.07. The standard InChI is InChI=1S/C4H4N2OS/c7-5-3-4-1-2-6-8-4/h1-3,7H/b5-3-. The highest BCUT2D eigenvalue weighted by atomic mass is 32.1. The molecule has 0 amide bonds. The van der Waals surface area contributed by atoms with Gasteiger partial charge < -0.3 is 5.21 Å². The van der Waals surface area contributed by atoms with Gasteiger partial charge in [0.25, 0.3) is 0 Å². The fraction of sp³-hybridized carbons (Fsp3) is 0. The second-order valence-electron chi connectivity index (χ2n) is 1.16. The SMILES string of the molecule is O/N=C\c1ccns1. The third-order valence-corrected chi connectivity index (χ3v) is 1.32. The van der Waals surface area contributed by atoms with Crippen LogP contribution in [0.15, 0.2) is 17.4 Å². The minimum absolute atomic E-state index is 0.854. The van der Waals surface area contributed by atoms with Gasteiger partial charge in [0.05, 0.1) is 11.1 Å². The van der Waals surface area contributed by atoms with Gasteiger partial charge in [0, 0.05) is 6.20 Å². The van der Waals surface area contributed by atoms with E-state index < -0.39 is 0 Å². The van der Waals surface area contributed by atoms with E-state index in [9.17, 15) is 0 Å². The molecule has 1 N–H and O–H groups in total. The molecule has 0 bridgehead atoms. The van der Waals surface area contributed by atoms with E-state index in [1.807, 2.05) is 0 Å². The van der Waals surface area contributed by atoms with Crippen LogP contribution in [0, 0.1) is 0 Å². The van der Waals surface area contributed by atoms with Crippen molar-refractivity contribution in [2.45, 2.75) is 0 Å². The van der Waals surface area contributed by atoms with Crippen molar-refractivity contribution in [2.75, 3.05) is 0 Å². The highest BCUT2D eigenvalue weighted by Crippen LogP contribution is 1.98. The first kappa shape index (κ1) is 5.24. The molecule has 1 heterocycles. The summed E-state index contributed by atoms with van der Waals surface area (Å²) in [5.41, 5.74) is 0. The minimum atomic E-state index is 0.854. The first-order valence-electron chi connectivity index (χ1n) is 2.01. The molecule has 0 radical (unpaired) electrons. The van der Waals surface area contributed by atoms with Crippen LogP contribution < -0.4 is 0 Å². The van der Waals surface area contributed by atoms with Crippen LogP contribution in [-0.4, -0.2) is 15.8 Å². The van der Waals surface area contributed by atoms with Crippen molar-refractivity contribution in [1.29, 1.82) is 0 Å². The Hall–Kier alpha value is -0.900. The molecule has 3 nitrogen and oxygen atoms in total. The van der Waals surface area contributed by atoms with Crippen LogP contribution in [0.1, 0.15) is 4.88 Å². The van der Waals surface area contributed by atoms with Gasteiger partial charge in [-0.3, -0.25) is 0 Å². The molecule has 0 saturated heterocycles. The molecular formula is C4H4N2OS. The second kappa shape index (κ2) is 2.42. The molecule has 8 heavy (non-hydrogen) atoms. The number of aromatic nitrogens is 1. The van der Waals surface area contributed by atoms with Gasteiger partial charge in [-0.25, -0.2) is 4.37 Å². The lowest BCUT2D eigenvalue weighted by molar-refractivity contribution is 0.322. The molecule has 0 aliphatic rings. The Morgan fingerprint density at radius 3 is 3.25 bits per heavy atom. The summed E-state index contributed by atoms with van der Waals surface area (Å²) >= 11 is 1.29. The number of oxime groups is 1. The topological polar surface area (TPSA) is 45.5 Å². The van der Waals surface area contributed by atoms with Gasteiger partial charge in [0.15, 0.2) is 0 Å². The molecule has 1 aromatic rings. The van der Waals surface area contributed by atoms with Crippen LogP contribution in [0.4, 0.5) is 0 Å². The van der Waals surface area contributed by atoms with E-state index in [0.29, 0.717) is 0 Å². The zero-order chi connectivity index (χ0) is 5.82. The number of hydrogen-bond donors (Lipinski definition) is 1. The fourth-order valence-electron chi connectivity index (χ4n) is 0.349. The van der Waals surface area contributed by atoms with Crippen molar-refractivity contribution in [2.24, 2.45) is 5.16 Å². The van der Waals surface area contributed by atoms with Crippen molar-refractivity contribution >= 4 is 17.7 Å². The molecule has 1 aromatic heterocycles. The first-order chi connectivity index (χ1) is 3.93. The minimum Gasteiger partial charge on any atom is -0.411 e. The third kappa shape index (κ3) is 1.04. The predicted molar refractivity (Wildman–Crippen MR) is 31.5 cm³/mol. The third-order valence-electron chi connectivity index (χ3n) is 0.643. The van der Waals surface area contributed by atoms with E-state index in [1.54, 1.807) is 12.3 Å². The summed E-state index contributed by atoms with van der Waals surface area (Å²) in [7, 11) is 0. The maximum atomic E-state index is 7.99. The van der Waals surface area contributed by atoms with E-state index >= 15 is 0 Å². The Bertz CT molecular complexity index is 170. The largest absolute Gasteiger partial charge is 0.411 e. The van der Waals surface area contributed by atoms with Crippen LogP contribution in [0.25, 0.3) is 0 Å². The summed E-state index contributed by atoms with van der Waals surface area (Å²) in [4.78, 5) is 0.854. The van der Waals surface area contributed by atoms with Crippen LogP contribution in [-0.2, 0) is 0 Å². The summed E-state index contributed by atoms with van der Waals surface area (Å²) in [5, 5.41) is 10.8. The molecule has 0 fully saturated rings. The lowest BCUT2D eigenvalue weighted by Gasteiger charge is -1.71. The smallest absolute Gasteiger partial charge is 0.0849 e. The van der Waals surface area contributed by atoms with Crippen LogP contribution in [0.5, 0.6) is 0 Å². The fourth-order valence-corrected chi connectivity index (χ4v) is 0.809. The van der Waals surface area contributed by atoms with Crippen molar-refractivity contribution in [3.05, 3.63) is 17.1 Å². The summed E-state index contributed by atoms with van der Waals surface area (Å²) < 4.78 is 3.78. The zero-order valence-electron chi connectivity index (χ0n) is 3.98. The Morgan fingerprint density at radius 1 is 1.88 bits per heavy atom. The second-order valence-corrected chi connectivity index (χ2v) is 2.02. The molecule has 0 spiro atoms. The molecule has 4 heteroatoms. The molecule has 0 aromatic carbocycles. The Kier molecular flexibility index (Phi) is 1.58. The molecular weight excluding hydrogens is 124 g/mol. The van der Waals surface area contributed by atoms with Crippen molar-refractivity contribution in [1.82, 2.24) is 4.37 Å². The van der Waals surface area contributed by atoms with Gasteiger partial charge in [-0.1, -0.05) is 5.16 Å². The summed E-state index contributed by atoms with van der Waals surface area (Å²) in [6.07, 6.45) is 3.00. The molecule has 42 valence electrons. The lowest BCUT2D eigenvalue weighted by Crippen LogP contribution is -1.67. The summed E-state index contributed by atoms with van der Waals surface area (Å²) in [5.74, 6) is 0. The first-order valence-corrected chi connectivity index (χ1v) is 2.79. The number of rotatable bonds is 1. The number of nitrogens with zero attached hydrogens (tertiary/aromatic N) is 2. The van der Waals surface area contributed by atoms with Gasteiger partial charge in [-0.2, -0.15) is 0 Å². The van der Waals surface area contributed by atoms with Gasteiger partial charge in [0.2, 0.25) is 0 Å². The van der Waals surface area contributed by atoms with E-state index in [4.69, 9.17) is 5.21 Å². The summed E-state index contributed by atoms with van der Waals surface area (Å²) in [6.45, 7) is 0. The van der Waals surface area contributed by atoms with Crippen LogP contribution in [0.2, 0.25) is 0 Å². The molecule has 0 atom stereocenters. The van der Waals surface area contributed by atoms with Gasteiger partial charge in [-0.15, -0.1) is 0 Å². The lowest BCUT2D eigenvalue weighted by atomic mass is 10.5. The highest BCUT2D eigenvalue weighted by Gasteiger charge is 1.84. The average molecular weight is 128 g/mol. The molecule has 1 rings (SSSR count). The molecule has 0 aliphatic carbocycles. The molecule has 0 saturated carbocycles. The summed E-state index contributed by atoms with van der Waals surface area (Å²) in [6, 6.07) is 1.77. The Balaban J connectivity index is 2.77. The quantitative estimate of drug-likeness (QED) is 0.347. The molecule has 0 aliphatic heterocycles. The Morgan fingerprint density at radius 2 is 2.75 bits per heavy atom. The monoisotopic (exact) mass is 128 g/mol. The Labute approximate surface area is 50.4 Å². The van der Waals surface area contributed by atoms with Crippen molar-refractivity contribution in [3.8, 4) is 0 Å². The van der Waals surface area contributed by atoms with E-state index in [0.717, 1.165) is 4.88 Å². The maximum absolute atomic E-state index is 7.99. The van der Waals surface area contributed by atoms with Gasteiger partial charge >= 0.3 is 0 Å². The van der Waals surface area contributed by atoms with Crippen LogP contribution >= 0.6 is 11.5 Å². The molecule has 0 unspecified atom stereocenters. The maximum Gasteiger partial charge on any atom is 0.0849 e. The van der Waals surface area contributed by atoms with E-state index in [2.05, 4.69) is 9.53 Å². The average Bonchev–Trinajstić information content (AvgIpc) is 2.19. The number of hydrogen-bond acceptors (Lipinski definition) is 4. The predicted octanol–water partition coefficient (Wildman–Crippen LogP) is 0.951. The van der Waals surface area contributed by atoms with E-state index in [-0.39, 0.29) is 0 Å². The van der Waals surface area contributed by atoms with Crippen LogP contribution in [0.3, 0.4) is 0 Å².